The highest BCUT2D eigenvalue weighted by atomic mass is 19.1. The van der Waals surface area contributed by atoms with E-state index >= 15 is 0 Å². The molecule has 1 aromatic carbocycles. The Morgan fingerprint density at radius 1 is 1.39 bits per heavy atom. The van der Waals surface area contributed by atoms with Crippen molar-refractivity contribution < 1.29 is 4.39 Å². The zero-order valence-corrected chi connectivity index (χ0v) is 10.8. The summed E-state index contributed by atoms with van der Waals surface area (Å²) in [5, 5.41) is 3.26. The molecule has 3 nitrogen and oxygen atoms in total. The normalized spacial score (nSPS) is 10.6. The van der Waals surface area contributed by atoms with Crippen molar-refractivity contribution >= 4 is 5.95 Å². The van der Waals surface area contributed by atoms with Gasteiger partial charge in [-0.2, -0.15) is 0 Å². The number of aromatic nitrogens is 2. The van der Waals surface area contributed by atoms with Crippen LogP contribution in [0.4, 0.5) is 10.3 Å². The van der Waals surface area contributed by atoms with Gasteiger partial charge in [0.05, 0.1) is 5.69 Å². The number of hydrogen-bond donors (Lipinski definition) is 1. The lowest BCUT2D eigenvalue weighted by molar-refractivity contribution is 0.617. The van der Waals surface area contributed by atoms with Gasteiger partial charge in [-0.15, -0.1) is 0 Å². The molecule has 0 unspecified atom stereocenters. The Bertz CT molecular complexity index is 520. The summed E-state index contributed by atoms with van der Waals surface area (Å²) in [6, 6.07) is 5.20. The number of benzene rings is 1. The van der Waals surface area contributed by atoms with E-state index in [-0.39, 0.29) is 5.82 Å². The second-order valence-corrected chi connectivity index (χ2v) is 4.33. The summed E-state index contributed by atoms with van der Waals surface area (Å²) < 4.78 is 15.4. The van der Waals surface area contributed by atoms with Crippen LogP contribution in [0.25, 0.3) is 5.69 Å². The number of nitrogens with one attached hydrogen (secondary N) is 1. The maximum absolute atomic E-state index is 13.6. The van der Waals surface area contributed by atoms with Crippen molar-refractivity contribution in [1.29, 1.82) is 0 Å². The van der Waals surface area contributed by atoms with Gasteiger partial charge in [-0.1, -0.05) is 19.4 Å². The third-order valence-electron chi connectivity index (χ3n) is 2.89. The van der Waals surface area contributed by atoms with Gasteiger partial charge in [0.15, 0.2) is 0 Å². The van der Waals surface area contributed by atoms with Crippen molar-refractivity contribution in [3.05, 3.63) is 42.0 Å². The van der Waals surface area contributed by atoms with E-state index in [1.165, 1.54) is 6.07 Å². The highest BCUT2D eigenvalue weighted by Gasteiger charge is 2.06. The molecule has 2 rings (SSSR count). The molecule has 1 heterocycles. The van der Waals surface area contributed by atoms with Gasteiger partial charge in [-0.3, -0.25) is 4.57 Å². The molecule has 0 aliphatic rings. The fourth-order valence-corrected chi connectivity index (χ4v) is 1.75. The van der Waals surface area contributed by atoms with Gasteiger partial charge in [0.1, 0.15) is 5.82 Å². The topological polar surface area (TPSA) is 29.9 Å². The summed E-state index contributed by atoms with van der Waals surface area (Å²) in [6.07, 6.45) is 5.77. The Hall–Kier alpha value is -1.84. The van der Waals surface area contributed by atoms with Gasteiger partial charge in [-0.05, 0) is 31.0 Å². The second-order valence-electron chi connectivity index (χ2n) is 4.33. The Morgan fingerprint density at radius 3 is 2.94 bits per heavy atom. The summed E-state index contributed by atoms with van der Waals surface area (Å²) >= 11 is 0. The third kappa shape index (κ3) is 2.70. The first-order chi connectivity index (χ1) is 8.72. The maximum Gasteiger partial charge on any atom is 0.207 e. The van der Waals surface area contributed by atoms with Crippen LogP contribution in [0.15, 0.2) is 30.6 Å². The SMILES string of the molecule is CCCCNc1nccn1-c1ccc(C)c(F)c1. The molecule has 0 aliphatic heterocycles. The number of unbranched alkanes of at least 4 members (excludes halogenated alkanes) is 1. The van der Waals surface area contributed by atoms with Crippen molar-refractivity contribution in [1.82, 2.24) is 9.55 Å². The highest BCUT2D eigenvalue weighted by molar-refractivity contribution is 5.43. The van der Waals surface area contributed by atoms with E-state index < -0.39 is 0 Å². The molecule has 0 saturated heterocycles. The molecule has 96 valence electrons. The lowest BCUT2D eigenvalue weighted by Crippen LogP contribution is -2.07. The first kappa shape index (κ1) is 12.6. The van der Waals surface area contributed by atoms with Crippen LogP contribution < -0.4 is 5.32 Å². The van der Waals surface area contributed by atoms with Crippen LogP contribution in [0.2, 0.25) is 0 Å². The van der Waals surface area contributed by atoms with E-state index in [0.29, 0.717) is 5.56 Å². The van der Waals surface area contributed by atoms with Crippen LogP contribution >= 0.6 is 0 Å². The number of nitrogens with zero attached hydrogens (tertiary/aromatic N) is 2. The van der Waals surface area contributed by atoms with E-state index in [0.717, 1.165) is 31.0 Å². The first-order valence-electron chi connectivity index (χ1n) is 6.26. The summed E-state index contributed by atoms with van der Waals surface area (Å²) in [6.45, 7) is 4.78. The minimum atomic E-state index is -0.194. The van der Waals surface area contributed by atoms with Gasteiger partial charge >= 0.3 is 0 Å². The molecule has 0 amide bonds. The number of hydrogen-bond acceptors (Lipinski definition) is 2. The molecule has 0 fully saturated rings. The molecule has 2 aromatic rings. The fraction of sp³-hybridized carbons (Fsp3) is 0.357. The van der Waals surface area contributed by atoms with Gasteiger partial charge in [0.25, 0.3) is 0 Å². The monoisotopic (exact) mass is 247 g/mol. The average Bonchev–Trinajstić information content (AvgIpc) is 2.81. The Kier molecular flexibility index (Phi) is 3.97. The van der Waals surface area contributed by atoms with Gasteiger partial charge in [0, 0.05) is 18.9 Å². The van der Waals surface area contributed by atoms with Crippen molar-refractivity contribution in [3.8, 4) is 5.69 Å². The van der Waals surface area contributed by atoms with Crippen LogP contribution in [0.5, 0.6) is 0 Å². The zero-order valence-electron chi connectivity index (χ0n) is 10.8. The molecule has 18 heavy (non-hydrogen) atoms. The van der Waals surface area contributed by atoms with E-state index in [2.05, 4.69) is 17.2 Å². The van der Waals surface area contributed by atoms with Gasteiger partial charge in [-0.25, -0.2) is 9.37 Å². The molecular formula is C14H18FN3. The minimum Gasteiger partial charge on any atom is -0.355 e. The summed E-state index contributed by atoms with van der Waals surface area (Å²) in [4.78, 5) is 4.25. The van der Waals surface area contributed by atoms with Crippen molar-refractivity contribution in [2.24, 2.45) is 0 Å². The Balaban J connectivity index is 2.22. The van der Waals surface area contributed by atoms with Crippen LogP contribution in [-0.4, -0.2) is 16.1 Å². The van der Waals surface area contributed by atoms with Crippen molar-refractivity contribution in [3.63, 3.8) is 0 Å². The maximum atomic E-state index is 13.6. The van der Waals surface area contributed by atoms with E-state index in [4.69, 9.17) is 0 Å². The summed E-state index contributed by atoms with van der Waals surface area (Å²) in [7, 11) is 0. The molecule has 1 N–H and O–H groups in total. The van der Waals surface area contributed by atoms with E-state index in [9.17, 15) is 4.39 Å². The molecule has 0 aliphatic carbocycles. The zero-order chi connectivity index (χ0) is 13.0. The quantitative estimate of drug-likeness (QED) is 0.819. The van der Waals surface area contributed by atoms with Crippen molar-refractivity contribution in [2.45, 2.75) is 26.7 Å². The molecule has 4 heteroatoms. The highest BCUT2D eigenvalue weighted by Crippen LogP contribution is 2.17. The van der Waals surface area contributed by atoms with E-state index in [1.807, 2.05) is 16.8 Å². The number of rotatable bonds is 5. The predicted molar refractivity (Wildman–Crippen MR) is 71.7 cm³/mol. The Morgan fingerprint density at radius 2 is 2.22 bits per heavy atom. The first-order valence-corrected chi connectivity index (χ1v) is 6.26. The minimum absolute atomic E-state index is 0.194. The van der Waals surface area contributed by atoms with Gasteiger partial charge < -0.3 is 5.32 Å². The number of anilines is 1. The summed E-state index contributed by atoms with van der Waals surface area (Å²) in [5.74, 6) is 0.562. The van der Waals surface area contributed by atoms with Crippen molar-refractivity contribution in [2.75, 3.05) is 11.9 Å². The third-order valence-corrected chi connectivity index (χ3v) is 2.89. The molecule has 0 spiro atoms. The number of aryl methyl sites for hydroxylation is 1. The van der Waals surface area contributed by atoms with Crippen LogP contribution in [0.3, 0.4) is 0 Å². The molecule has 0 radical (unpaired) electrons. The molecule has 0 bridgehead atoms. The van der Waals surface area contributed by atoms with Crippen LogP contribution in [0.1, 0.15) is 25.3 Å². The smallest absolute Gasteiger partial charge is 0.207 e. The molecule has 0 atom stereocenters. The predicted octanol–water partition coefficient (Wildman–Crippen LogP) is 3.53. The average molecular weight is 247 g/mol. The lowest BCUT2D eigenvalue weighted by Gasteiger charge is -2.10. The number of halogens is 1. The molecular weight excluding hydrogens is 229 g/mol. The van der Waals surface area contributed by atoms with Crippen LogP contribution in [-0.2, 0) is 0 Å². The second kappa shape index (κ2) is 5.67. The van der Waals surface area contributed by atoms with E-state index in [1.54, 1.807) is 19.2 Å². The van der Waals surface area contributed by atoms with Gasteiger partial charge in [0.2, 0.25) is 5.95 Å². The Labute approximate surface area is 107 Å². The lowest BCUT2D eigenvalue weighted by atomic mass is 10.2. The fourth-order valence-electron chi connectivity index (χ4n) is 1.75. The summed E-state index contributed by atoms with van der Waals surface area (Å²) in [5.41, 5.74) is 1.44. The molecule has 1 aromatic heterocycles. The standard InChI is InChI=1S/C14H18FN3/c1-3-4-7-16-14-17-8-9-18(14)12-6-5-11(2)13(15)10-12/h5-6,8-10H,3-4,7H2,1-2H3,(H,16,17). The largest absolute Gasteiger partial charge is 0.355 e. The van der Waals surface area contributed by atoms with Crippen LogP contribution in [0, 0.1) is 12.7 Å². The number of imidazole rings is 1. The molecule has 0 saturated carbocycles.